The van der Waals surface area contributed by atoms with Crippen molar-refractivity contribution in [3.63, 3.8) is 0 Å². The monoisotopic (exact) mass is 295 g/mol. The molecule has 1 heterocycles. The van der Waals surface area contributed by atoms with Gasteiger partial charge in [0.1, 0.15) is 0 Å². The van der Waals surface area contributed by atoms with Crippen LogP contribution in [0.4, 0.5) is 0 Å². The van der Waals surface area contributed by atoms with Gasteiger partial charge in [-0.05, 0) is 39.0 Å². The van der Waals surface area contributed by atoms with Crippen LogP contribution >= 0.6 is 0 Å². The first-order valence-electron chi connectivity index (χ1n) is 8.90. The van der Waals surface area contributed by atoms with Gasteiger partial charge in [-0.25, -0.2) is 0 Å². The molecule has 0 saturated carbocycles. The summed E-state index contributed by atoms with van der Waals surface area (Å²) in [6.45, 7) is 18.2. The second kappa shape index (κ2) is 13.1. The molecule has 0 spiro atoms. The van der Waals surface area contributed by atoms with Gasteiger partial charge in [-0.2, -0.15) is 0 Å². The summed E-state index contributed by atoms with van der Waals surface area (Å²) in [6.07, 6.45) is 8.73. The van der Waals surface area contributed by atoms with E-state index in [0.29, 0.717) is 0 Å². The molecule has 2 rings (SSSR count). The van der Waals surface area contributed by atoms with Gasteiger partial charge < -0.3 is 4.74 Å². The molecule has 0 bridgehead atoms. The molecule has 0 radical (unpaired) electrons. The molecule has 2 aliphatic rings. The van der Waals surface area contributed by atoms with Gasteiger partial charge in [-0.15, -0.1) is 6.58 Å². The Morgan fingerprint density at radius 3 is 2.33 bits per heavy atom. The molecular weight excluding hydrogens is 258 g/mol. The topological polar surface area (TPSA) is 12.5 Å². The maximum absolute atomic E-state index is 5.41. The average molecular weight is 296 g/mol. The van der Waals surface area contributed by atoms with Crippen LogP contribution in [0.1, 0.15) is 66.7 Å². The van der Waals surface area contributed by atoms with Crippen molar-refractivity contribution in [2.45, 2.75) is 72.8 Å². The van der Waals surface area contributed by atoms with E-state index in [4.69, 9.17) is 4.74 Å². The van der Waals surface area contributed by atoms with Gasteiger partial charge in [0.05, 0.1) is 13.2 Å². The zero-order chi connectivity index (χ0) is 16.1. The third-order valence-electron chi connectivity index (χ3n) is 3.91. The minimum atomic E-state index is 0.771. The summed E-state index contributed by atoms with van der Waals surface area (Å²) in [5.74, 6) is 0. The molecule has 1 atom stereocenters. The third kappa shape index (κ3) is 8.43. The fraction of sp³-hybridized carbons (Fsp3) is 0.789. The Bertz CT molecular complexity index is 290. The molecule has 124 valence electrons. The second-order valence-corrected chi connectivity index (χ2v) is 5.40. The number of nitrogens with zero attached hydrogens (tertiary/aromatic N) is 1. The molecule has 21 heavy (non-hydrogen) atoms. The van der Waals surface area contributed by atoms with E-state index >= 15 is 0 Å². The van der Waals surface area contributed by atoms with Gasteiger partial charge in [-0.1, -0.05) is 44.9 Å². The standard InChI is InChI=1S/C15H25NO.2C2H6/c1-13(2)3-4-14-5-7-15(8-6-14)16-9-11-17-12-10-16;2*1-2/h5,15H,1,3-4,6-12H2,2H3;2*1-2H3. The van der Waals surface area contributed by atoms with E-state index in [1.54, 1.807) is 5.57 Å². The molecular formula is C19H37NO. The quantitative estimate of drug-likeness (QED) is 0.660. The van der Waals surface area contributed by atoms with E-state index in [-0.39, 0.29) is 0 Å². The predicted molar refractivity (Wildman–Crippen MR) is 94.9 cm³/mol. The molecule has 0 aromatic rings. The molecule has 0 aromatic carbocycles. The van der Waals surface area contributed by atoms with Gasteiger partial charge in [0, 0.05) is 19.1 Å². The number of hydrogen-bond donors (Lipinski definition) is 0. The molecule has 1 aliphatic heterocycles. The third-order valence-corrected chi connectivity index (χ3v) is 3.91. The fourth-order valence-electron chi connectivity index (χ4n) is 2.75. The fourth-order valence-corrected chi connectivity index (χ4v) is 2.75. The number of allylic oxidation sites excluding steroid dienone is 2. The summed E-state index contributed by atoms with van der Waals surface area (Å²) in [7, 11) is 0. The Kier molecular flexibility index (Phi) is 12.7. The zero-order valence-electron chi connectivity index (χ0n) is 15.1. The molecule has 1 aliphatic carbocycles. The summed E-state index contributed by atoms with van der Waals surface area (Å²) in [5, 5.41) is 0. The molecule has 2 nitrogen and oxygen atoms in total. The van der Waals surface area contributed by atoms with Crippen LogP contribution in [0, 0.1) is 0 Å². The molecule has 0 N–H and O–H groups in total. The Balaban J connectivity index is 0.000000921. The first kappa shape index (κ1) is 20.4. The van der Waals surface area contributed by atoms with Crippen LogP contribution < -0.4 is 0 Å². The van der Waals surface area contributed by atoms with E-state index in [1.807, 2.05) is 27.7 Å². The van der Waals surface area contributed by atoms with Gasteiger partial charge in [-0.3, -0.25) is 4.90 Å². The second-order valence-electron chi connectivity index (χ2n) is 5.40. The largest absolute Gasteiger partial charge is 0.379 e. The van der Waals surface area contributed by atoms with Gasteiger partial charge in [0.25, 0.3) is 0 Å². The Morgan fingerprint density at radius 2 is 1.86 bits per heavy atom. The molecule has 0 amide bonds. The summed E-state index contributed by atoms with van der Waals surface area (Å²) >= 11 is 0. The number of ether oxygens (including phenoxy) is 1. The van der Waals surface area contributed by atoms with Crippen LogP contribution in [0.15, 0.2) is 23.8 Å². The normalized spacial score (nSPS) is 22.1. The van der Waals surface area contributed by atoms with Crippen LogP contribution in [0.3, 0.4) is 0 Å². The van der Waals surface area contributed by atoms with Crippen LogP contribution in [-0.4, -0.2) is 37.2 Å². The minimum Gasteiger partial charge on any atom is -0.379 e. The summed E-state index contributed by atoms with van der Waals surface area (Å²) in [6, 6.07) is 0.771. The predicted octanol–water partition coefficient (Wildman–Crippen LogP) is 5.21. The molecule has 0 aromatic heterocycles. The van der Waals surface area contributed by atoms with Crippen LogP contribution in [0.25, 0.3) is 0 Å². The summed E-state index contributed by atoms with van der Waals surface area (Å²) in [4.78, 5) is 2.61. The molecule has 2 heteroatoms. The highest BCUT2D eigenvalue weighted by atomic mass is 16.5. The molecule has 1 unspecified atom stereocenters. The smallest absolute Gasteiger partial charge is 0.0594 e. The van der Waals surface area contributed by atoms with Crippen molar-refractivity contribution in [2.24, 2.45) is 0 Å². The highest BCUT2D eigenvalue weighted by molar-refractivity contribution is 5.10. The Hall–Kier alpha value is -0.600. The maximum Gasteiger partial charge on any atom is 0.0594 e. The van der Waals surface area contributed by atoms with Gasteiger partial charge in [0.2, 0.25) is 0 Å². The molecule has 1 fully saturated rings. The van der Waals surface area contributed by atoms with E-state index < -0.39 is 0 Å². The highest BCUT2D eigenvalue weighted by Crippen LogP contribution is 2.26. The maximum atomic E-state index is 5.41. The van der Waals surface area contributed by atoms with Crippen molar-refractivity contribution in [1.29, 1.82) is 0 Å². The SMILES string of the molecule is C=C(C)CCC1=CCC(N2CCOCC2)CC1.CC.CC. The van der Waals surface area contributed by atoms with E-state index in [2.05, 4.69) is 24.5 Å². The number of morpholine rings is 1. The van der Waals surface area contributed by atoms with Gasteiger partial charge >= 0.3 is 0 Å². The van der Waals surface area contributed by atoms with Crippen molar-refractivity contribution in [2.75, 3.05) is 26.3 Å². The van der Waals surface area contributed by atoms with E-state index in [9.17, 15) is 0 Å². The highest BCUT2D eigenvalue weighted by Gasteiger charge is 2.22. The minimum absolute atomic E-state index is 0.771. The van der Waals surface area contributed by atoms with Crippen LogP contribution in [0.5, 0.6) is 0 Å². The first-order valence-corrected chi connectivity index (χ1v) is 8.90. The number of hydrogen-bond acceptors (Lipinski definition) is 2. The van der Waals surface area contributed by atoms with Crippen molar-refractivity contribution in [3.8, 4) is 0 Å². The summed E-state index contributed by atoms with van der Waals surface area (Å²) in [5.41, 5.74) is 2.96. The van der Waals surface area contributed by atoms with E-state index in [0.717, 1.165) is 38.8 Å². The van der Waals surface area contributed by atoms with Crippen molar-refractivity contribution in [3.05, 3.63) is 23.8 Å². The van der Waals surface area contributed by atoms with E-state index in [1.165, 1.54) is 31.3 Å². The Morgan fingerprint density at radius 1 is 1.24 bits per heavy atom. The van der Waals surface area contributed by atoms with Crippen LogP contribution in [0.2, 0.25) is 0 Å². The first-order chi connectivity index (χ1) is 10.3. The van der Waals surface area contributed by atoms with Crippen molar-refractivity contribution >= 4 is 0 Å². The van der Waals surface area contributed by atoms with Crippen molar-refractivity contribution in [1.82, 2.24) is 4.90 Å². The lowest BCUT2D eigenvalue weighted by Crippen LogP contribution is -2.44. The van der Waals surface area contributed by atoms with Crippen molar-refractivity contribution < 1.29 is 4.74 Å². The number of rotatable bonds is 4. The lowest BCUT2D eigenvalue weighted by atomic mass is 9.91. The Labute approximate surface area is 133 Å². The zero-order valence-corrected chi connectivity index (χ0v) is 15.1. The lowest BCUT2D eigenvalue weighted by Gasteiger charge is -2.36. The summed E-state index contributed by atoms with van der Waals surface area (Å²) < 4.78 is 5.41. The van der Waals surface area contributed by atoms with Gasteiger partial charge in [0.15, 0.2) is 0 Å². The molecule has 1 saturated heterocycles. The van der Waals surface area contributed by atoms with Crippen LogP contribution in [-0.2, 0) is 4.74 Å². The lowest BCUT2D eigenvalue weighted by molar-refractivity contribution is 0.0144. The average Bonchev–Trinajstić information content (AvgIpc) is 2.58.